The molecular formula is C18H17NO5. The zero-order valence-electron chi connectivity index (χ0n) is 13.1. The summed E-state index contributed by atoms with van der Waals surface area (Å²) in [7, 11) is 0. The van der Waals surface area contributed by atoms with Crippen LogP contribution in [0.1, 0.15) is 28.7 Å². The summed E-state index contributed by atoms with van der Waals surface area (Å²) in [5, 5.41) is 11.1. The number of fused-ring (bicyclic) bond motifs is 2. The Kier molecular flexibility index (Phi) is 3.82. The standard InChI is InChI=1S/C18H17NO5/c20-19(21)16-6-14-9-22-11-24-18(14)15(7-16)10-23-17-5-4-12-2-1-3-13(12)8-17/h4-8H,1-3,9-11H2. The Balaban J connectivity index is 1.59. The van der Waals surface area contributed by atoms with Crippen LogP contribution in [0.5, 0.6) is 11.5 Å². The van der Waals surface area contributed by atoms with Gasteiger partial charge in [-0.1, -0.05) is 6.07 Å². The summed E-state index contributed by atoms with van der Waals surface area (Å²) in [5.74, 6) is 1.41. The molecule has 6 nitrogen and oxygen atoms in total. The average molecular weight is 327 g/mol. The molecule has 0 spiro atoms. The van der Waals surface area contributed by atoms with Crippen molar-refractivity contribution in [3.63, 3.8) is 0 Å². The van der Waals surface area contributed by atoms with Crippen LogP contribution in [0.4, 0.5) is 5.69 Å². The number of benzene rings is 2. The summed E-state index contributed by atoms with van der Waals surface area (Å²) >= 11 is 0. The van der Waals surface area contributed by atoms with Crippen LogP contribution in [0, 0.1) is 10.1 Å². The van der Waals surface area contributed by atoms with Crippen LogP contribution in [0.2, 0.25) is 0 Å². The number of hydrogen-bond acceptors (Lipinski definition) is 5. The molecule has 124 valence electrons. The summed E-state index contributed by atoms with van der Waals surface area (Å²) in [5.41, 5.74) is 4.09. The first-order chi connectivity index (χ1) is 11.7. The summed E-state index contributed by atoms with van der Waals surface area (Å²) < 4.78 is 16.6. The van der Waals surface area contributed by atoms with Crippen LogP contribution in [0.15, 0.2) is 30.3 Å². The van der Waals surface area contributed by atoms with E-state index in [4.69, 9.17) is 14.2 Å². The van der Waals surface area contributed by atoms with Gasteiger partial charge < -0.3 is 14.2 Å². The molecule has 0 fully saturated rings. The molecule has 0 bridgehead atoms. The molecule has 0 saturated heterocycles. The fourth-order valence-corrected chi connectivity index (χ4v) is 3.29. The van der Waals surface area contributed by atoms with Crippen molar-refractivity contribution in [3.8, 4) is 11.5 Å². The van der Waals surface area contributed by atoms with E-state index in [0.29, 0.717) is 23.5 Å². The molecule has 2 aromatic carbocycles. The molecule has 2 aromatic rings. The normalized spacial score (nSPS) is 15.3. The van der Waals surface area contributed by atoms with Gasteiger partial charge in [0, 0.05) is 23.3 Å². The zero-order valence-corrected chi connectivity index (χ0v) is 13.1. The Morgan fingerprint density at radius 2 is 2.00 bits per heavy atom. The van der Waals surface area contributed by atoms with Crippen molar-refractivity contribution in [3.05, 3.63) is 62.7 Å². The third-order valence-electron chi connectivity index (χ3n) is 4.45. The molecule has 6 heteroatoms. The van der Waals surface area contributed by atoms with Gasteiger partial charge in [-0.2, -0.15) is 0 Å². The largest absolute Gasteiger partial charge is 0.489 e. The van der Waals surface area contributed by atoms with Crippen LogP contribution in [-0.2, 0) is 30.8 Å². The summed E-state index contributed by atoms with van der Waals surface area (Å²) in [6.07, 6.45) is 3.39. The molecule has 2 aliphatic rings. The molecule has 4 rings (SSSR count). The number of rotatable bonds is 4. The average Bonchev–Trinajstić information content (AvgIpc) is 3.07. The molecule has 1 aliphatic carbocycles. The monoisotopic (exact) mass is 327 g/mol. The highest BCUT2D eigenvalue weighted by atomic mass is 16.7. The maximum atomic E-state index is 11.1. The Morgan fingerprint density at radius 1 is 1.12 bits per heavy atom. The van der Waals surface area contributed by atoms with Crippen LogP contribution < -0.4 is 9.47 Å². The molecule has 0 radical (unpaired) electrons. The summed E-state index contributed by atoms with van der Waals surface area (Å²) in [6, 6.07) is 9.13. The molecule has 24 heavy (non-hydrogen) atoms. The van der Waals surface area contributed by atoms with Crippen molar-refractivity contribution < 1.29 is 19.1 Å². The minimum Gasteiger partial charge on any atom is -0.489 e. The molecule has 1 aliphatic heterocycles. The van der Waals surface area contributed by atoms with E-state index in [2.05, 4.69) is 12.1 Å². The van der Waals surface area contributed by atoms with E-state index >= 15 is 0 Å². The van der Waals surface area contributed by atoms with Crippen molar-refractivity contribution in [2.24, 2.45) is 0 Å². The zero-order chi connectivity index (χ0) is 16.5. The Morgan fingerprint density at radius 3 is 2.88 bits per heavy atom. The van der Waals surface area contributed by atoms with E-state index in [1.165, 1.54) is 29.7 Å². The van der Waals surface area contributed by atoms with Gasteiger partial charge in [-0.25, -0.2) is 0 Å². The van der Waals surface area contributed by atoms with Crippen molar-refractivity contribution >= 4 is 5.69 Å². The minimum absolute atomic E-state index is 0.0235. The predicted molar refractivity (Wildman–Crippen MR) is 86.2 cm³/mol. The lowest BCUT2D eigenvalue weighted by Crippen LogP contribution is -2.14. The number of nitro groups is 1. The maximum Gasteiger partial charge on any atom is 0.270 e. The molecule has 1 heterocycles. The van der Waals surface area contributed by atoms with Crippen molar-refractivity contribution in [2.45, 2.75) is 32.5 Å². The molecule has 0 amide bonds. The van der Waals surface area contributed by atoms with Gasteiger partial charge in [0.15, 0.2) is 6.79 Å². The second-order valence-corrected chi connectivity index (χ2v) is 6.03. The molecule has 0 aromatic heterocycles. The van der Waals surface area contributed by atoms with Crippen molar-refractivity contribution in [1.29, 1.82) is 0 Å². The molecule has 0 atom stereocenters. The molecular weight excluding hydrogens is 310 g/mol. The van der Waals surface area contributed by atoms with Crippen LogP contribution >= 0.6 is 0 Å². The minimum atomic E-state index is -0.409. The quantitative estimate of drug-likeness (QED) is 0.634. The van der Waals surface area contributed by atoms with Gasteiger partial charge in [0.2, 0.25) is 0 Å². The molecule has 0 unspecified atom stereocenters. The van der Waals surface area contributed by atoms with Crippen LogP contribution in [0.25, 0.3) is 0 Å². The van der Waals surface area contributed by atoms with Gasteiger partial charge >= 0.3 is 0 Å². The Labute approximate surface area is 139 Å². The van der Waals surface area contributed by atoms with Crippen molar-refractivity contribution in [1.82, 2.24) is 0 Å². The van der Waals surface area contributed by atoms with E-state index in [-0.39, 0.29) is 19.1 Å². The van der Waals surface area contributed by atoms with Gasteiger partial charge in [-0.05, 0) is 42.5 Å². The van der Waals surface area contributed by atoms with Gasteiger partial charge in [0.25, 0.3) is 5.69 Å². The Bertz CT molecular complexity index is 802. The number of hydrogen-bond donors (Lipinski definition) is 0. The predicted octanol–water partition coefficient (Wildman–Crippen LogP) is 3.53. The number of aryl methyl sites for hydroxylation is 2. The van der Waals surface area contributed by atoms with Gasteiger partial charge in [-0.3, -0.25) is 10.1 Å². The highest BCUT2D eigenvalue weighted by Gasteiger charge is 2.21. The lowest BCUT2D eigenvalue weighted by atomic mass is 10.1. The van der Waals surface area contributed by atoms with Crippen LogP contribution in [0.3, 0.4) is 0 Å². The lowest BCUT2D eigenvalue weighted by molar-refractivity contribution is -0.385. The topological polar surface area (TPSA) is 70.8 Å². The smallest absolute Gasteiger partial charge is 0.270 e. The highest BCUT2D eigenvalue weighted by Crippen LogP contribution is 2.34. The highest BCUT2D eigenvalue weighted by molar-refractivity contribution is 5.50. The fraction of sp³-hybridized carbons (Fsp3) is 0.333. The van der Waals surface area contributed by atoms with E-state index < -0.39 is 4.92 Å². The number of ether oxygens (including phenoxy) is 3. The van der Waals surface area contributed by atoms with Gasteiger partial charge in [0.05, 0.1) is 11.5 Å². The third kappa shape index (κ3) is 2.80. The summed E-state index contributed by atoms with van der Waals surface area (Å²) in [4.78, 5) is 10.7. The van der Waals surface area contributed by atoms with E-state index in [1.54, 1.807) is 0 Å². The second kappa shape index (κ2) is 6.13. The van der Waals surface area contributed by atoms with E-state index in [0.717, 1.165) is 18.6 Å². The molecule has 0 saturated carbocycles. The fourth-order valence-electron chi connectivity index (χ4n) is 3.29. The van der Waals surface area contributed by atoms with E-state index in [9.17, 15) is 10.1 Å². The van der Waals surface area contributed by atoms with Crippen LogP contribution in [-0.4, -0.2) is 11.7 Å². The first kappa shape index (κ1) is 15.0. The van der Waals surface area contributed by atoms with Crippen molar-refractivity contribution in [2.75, 3.05) is 6.79 Å². The first-order valence-electron chi connectivity index (χ1n) is 7.96. The van der Waals surface area contributed by atoms with Gasteiger partial charge in [-0.15, -0.1) is 0 Å². The third-order valence-corrected chi connectivity index (χ3v) is 4.45. The SMILES string of the molecule is O=[N+]([O-])c1cc2c(c(COc3ccc4c(c3)CCC4)c1)OCOC2. The number of nitrogens with zero attached hydrogens (tertiary/aromatic N) is 1. The Hall–Kier alpha value is -2.60. The number of nitro benzene ring substituents is 1. The van der Waals surface area contributed by atoms with E-state index in [1.807, 2.05) is 6.07 Å². The maximum absolute atomic E-state index is 11.1. The first-order valence-corrected chi connectivity index (χ1v) is 7.96. The van der Waals surface area contributed by atoms with Gasteiger partial charge in [0.1, 0.15) is 18.1 Å². The number of non-ortho nitro benzene ring substituents is 1. The lowest BCUT2D eigenvalue weighted by Gasteiger charge is -2.20. The molecule has 0 N–H and O–H groups in total. The summed E-state index contributed by atoms with van der Waals surface area (Å²) in [6.45, 7) is 0.683. The second-order valence-electron chi connectivity index (χ2n) is 6.03.